The minimum atomic E-state index is -0.238. The number of nitrogens with zero attached hydrogens (tertiary/aromatic N) is 3. The maximum absolute atomic E-state index is 8.88. The van der Waals surface area contributed by atoms with Crippen LogP contribution in [0.4, 0.5) is 0 Å². The van der Waals surface area contributed by atoms with Crippen molar-refractivity contribution in [1.82, 2.24) is 9.88 Å². The van der Waals surface area contributed by atoms with Gasteiger partial charge < -0.3 is 15.7 Å². The van der Waals surface area contributed by atoms with Crippen molar-refractivity contribution in [2.24, 2.45) is 10.9 Å². The second kappa shape index (κ2) is 5.60. The number of amidine groups is 1. The van der Waals surface area contributed by atoms with Gasteiger partial charge >= 0.3 is 0 Å². The Morgan fingerprint density at radius 2 is 2.29 bits per heavy atom. The summed E-state index contributed by atoms with van der Waals surface area (Å²) in [4.78, 5) is 6.19. The molecule has 1 aromatic rings. The van der Waals surface area contributed by atoms with Crippen LogP contribution in [0.2, 0.25) is 0 Å². The summed E-state index contributed by atoms with van der Waals surface area (Å²) >= 11 is 0. The van der Waals surface area contributed by atoms with Gasteiger partial charge in [-0.1, -0.05) is 11.2 Å². The lowest BCUT2D eigenvalue weighted by Gasteiger charge is -2.33. The molecular weight excluding hydrogens is 220 g/mol. The maximum atomic E-state index is 8.88. The Bertz CT molecular complexity index is 376. The molecule has 0 unspecified atom stereocenters. The number of ether oxygens (including phenoxy) is 1. The van der Waals surface area contributed by atoms with Gasteiger partial charge in [0.05, 0.1) is 19.3 Å². The summed E-state index contributed by atoms with van der Waals surface area (Å²) in [6, 6.07) is 3.52. The Balaban J connectivity index is 2.25. The van der Waals surface area contributed by atoms with E-state index in [1.807, 2.05) is 12.1 Å². The van der Waals surface area contributed by atoms with Gasteiger partial charge in [-0.2, -0.15) is 0 Å². The fraction of sp³-hybridized carbons (Fsp3) is 0.455. The number of hydrogen-bond donors (Lipinski definition) is 2. The fourth-order valence-electron chi connectivity index (χ4n) is 2.00. The highest BCUT2D eigenvalue weighted by atomic mass is 16.5. The van der Waals surface area contributed by atoms with Crippen LogP contribution >= 0.6 is 0 Å². The Morgan fingerprint density at radius 1 is 1.53 bits per heavy atom. The SMILES string of the molecule is NC(=NO)[C@H](c1cccnc1)N1CCOCC1. The summed E-state index contributed by atoms with van der Waals surface area (Å²) in [6.07, 6.45) is 3.43. The molecule has 1 fully saturated rings. The normalized spacial score (nSPS) is 20.1. The molecule has 3 N–H and O–H groups in total. The van der Waals surface area contributed by atoms with E-state index in [4.69, 9.17) is 15.7 Å². The Morgan fingerprint density at radius 3 is 2.88 bits per heavy atom. The Labute approximate surface area is 99.7 Å². The number of oxime groups is 1. The Hall–Kier alpha value is -1.66. The van der Waals surface area contributed by atoms with Crippen LogP contribution in [0.5, 0.6) is 0 Å². The van der Waals surface area contributed by atoms with E-state index in [0.29, 0.717) is 13.2 Å². The number of morpholine rings is 1. The van der Waals surface area contributed by atoms with Crippen molar-refractivity contribution in [2.75, 3.05) is 26.3 Å². The first-order valence-electron chi connectivity index (χ1n) is 5.52. The van der Waals surface area contributed by atoms with Crippen LogP contribution in [0.25, 0.3) is 0 Å². The Kier molecular flexibility index (Phi) is 3.89. The second-order valence-electron chi connectivity index (χ2n) is 3.86. The molecule has 92 valence electrons. The highest BCUT2D eigenvalue weighted by molar-refractivity contribution is 5.86. The summed E-state index contributed by atoms with van der Waals surface area (Å²) < 4.78 is 5.30. The minimum absolute atomic E-state index is 0.180. The highest BCUT2D eigenvalue weighted by Crippen LogP contribution is 2.21. The molecular formula is C11H16N4O2. The molecule has 2 heterocycles. The van der Waals surface area contributed by atoms with Crippen molar-refractivity contribution in [1.29, 1.82) is 0 Å². The van der Waals surface area contributed by atoms with Gasteiger partial charge in [-0.25, -0.2) is 0 Å². The molecule has 1 atom stereocenters. The third-order valence-corrected chi connectivity index (χ3v) is 2.81. The van der Waals surface area contributed by atoms with E-state index in [2.05, 4.69) is 15.0 Å². The molecule has 1 saturated heterocycles. The number of hydrogen-bond acceptors (Lipinski definition) is 5. The van der Waals surface area contributed by atoms with Crippen LogP contribution in [0.15, 0.2) is 29.7 Å². The van der Waals surface area contributed by atoms with Gasteiger partial charge in [0, 0.05) is 25.5 Å². The minimum Gasteiger partial charge on any atom is -0.409 e. The van der Waals surface area contributed by atoms with E-state index in [1.165, 1.54) is 0 Å². The molecule has 1 aliphatic heterocycles. The third-order valence-electron chi connectivity index (χ3n) is 2.81. The summed E-state index contributed by atoms with van der Waals surface area (Å²) in [5.41, 5.74) is 6.69. The quantitative estimate of drug-likeness (QED) is 0.339. The molecule has 0 saturated carbocycles. The maximum Gasteiger partial charge on any atom is 0.161 e. The average Bonchev–Trinajstić information content (AvgIpc) is 2.41. The monoisotopic (exact) mass is 236 g/mol. The number of pyridine rings is 1. The molecule has 0 aromatic carbocycles. The lowest BCUT2D eigenvalue weighted by molar-refractivity contribution is 0.0279. The van der Waals surface area contributed by atoms with E-state index < -0.39 is 0 Å². The van der Waals surface area contributed by atoms with E-state index in [9.17, 15) is 0 Å². The number of nitrogens with two attached hydrogens (primary N) is 1. The zero-order valence-corrected chi connectivity index (χ0v) is 9.49. The van der Waals surface area contributed by atoms with Gasteiger partial charge in [-0.05, 0) is 11.6 Å². The summed E-state index contributed by atoms with van der Waals surface area (Å²) in [6.45, 7) is 2.84. The van der Waals surface area contributed by atoms with Crippen molar-refractivity contribution < 1.29 is 9.94 Å². The summed E-state index contributed by atoms with van der Waals surface area (Å²) in [5, 5.41) is 12.0. The second-order valence-corrected chi connectivity index (χ2v) is 3.86. The lowest BCUT2D eigenvalue weighted by Crippen LogP contribution is -2.44. The molecule has 2 rings (SSSR count). The molecule has 1 aliphatic rings. The number of aromatic nitrogens is 1. The summed E-state index contributed by atoms with van der Waals surface area (Å²) in [7, 11) is 0. The zero-order chi connectivity index (χ0) is 12.1. The molecule has 1 aromatic heterocycles. The average molecular weight is 236 g/mol. The largest absolute Gasteiger partial charge is 0.409 e. The lowest BCUT2D eigenvalue weighted by atomic mass is 10.1. The highest BCUT2D eigenvalue weighted by Gasteiger charge is 2.26. The predicted molar refractivity (Wildman–Crippen MR) is 62.8 cm³/mol. The van der Waals surface area contributed by atoms with Crippen LogP contribution in [-0.4, -0.2) is 47.2 Å². The zero-order valence-electron chi connectivity index (χ0n) is 9.49. The van der Waals surface area contributed by atoms with Gasteiger partial charge in [0.15, 0.2) is 5.84 Å². The topological polar surface area (TPSA) is 84.0 Å². The van der Waals surface area contributed by atoms with Crippen LogP contribution in [0, 0.1) is 0 Å². The molecule has 6 heteroatoms. The third kappa shape index (κ3) is 2.72. The van der Waals surface area contributed by atoms with Gasteiger partial charge in [0.25, 0.3) is 0 Å². The van der Waals surface area contributed by atoms with Crippen LogP contribution in [-0.2, 0) is 4.74 Å². The number of rotatable bonds is 3. The molecule has 17 heavy (non-hydrogen) atoms. The van der Waals surface area contributed by atoms with Gasteiger partial charge in [0.2, 0.25) is 0 Å². The van der Waals surface area contributed by atoms with E-state index in [-0.39, 0.29) is 11.9 Å². The van der Waals surface area contributed by atoms with Crippen LogP contribution in [0.3, 0.4) is 0 Å². The predicted octanol–water partition coefficient (Wildman–Crippen LogP) is 0.201. The van der Waals surface area contributed by atoms with E-state index in [0.717, 1.165) is 18.7 Å². The van der Waals surface area contributed by atoms with Crippen molar-refractivity contribution in [3.05, 3.63) is 30.1 Å². The van der Waals surface area contributed by atoms with Crippen molar-refractivity contribution in [3.63, 3.8) is 0 Å². The molecule has 0 aliphatic carbocycles. The van der Waals surface area contributed by atoms with Gasteiger partial charge in [-0.15, -0.1) is 0 Å². The van der Waals surface area contributed by atoms with E-state index in [1.54, 1.807) is 12.4 Å². The molecule has 6 nitrogen and oxygen atoms in total. The first-order valence-corrected chi connectivity index (χ1v) is 5.52. The van der Waals surface area contributed by atoms with Crippen LogP contribution in [0.1, 0.15) is 11.6 Å². The fourth-order valence-corrected chi connectivity index (χ4v) is 2.00. The standard InChI is InChI=1S/C11H16N4O2/c12-11(14-16)10(9-2-1-3-13-8-9)15-4-6-17-7-5-15/h1-3,8,10,16H,4-7H2,(H2,12,14)/t10-/m0/s1. The molecule has 0 bridgehead atoms. The smallest absolute Gasteiger partial charge is 0.161 e. The molecule has 0 spiro atoms. The summed E-state index contributed by atoms with van der Waals surface area (Å²) in [5.74, 6) is 0.180. The first-order chi connectivity index (χ1) is 8.33. The van der Waals surface area contributed by atoms with Crippen molar-refractivity contribution >= 4 is 5.84 Å². The first kappa shape index (κ1) is 11.8. The molecule has 0 amide bonds. The molecule has 0 radical (unpaired) electrons. The van der Waals surface area contributed by atoms with Gasteiger partial charge in [0.1, 0.15) is 0 Å². The van der Waals surface area contributed by atoms with Crippen molar-refractivity contribution in [3.8, 4) is 0 Å². The van der Waals surface area contributed by atoms with Crippen molar-refractivity contribution in [2.45, 2.75) is 6.04 Å². The van der Waals surface area contributed by atoms with Crippen LogP contribution < -0.4 is 5.73 Å². The van der Waals surface area contributed by atoms with Gasteiger partial charge in [-0.3, -0.25) is 9.88 Å². The van der Waals surface area contributed by atoms with E-state index >= 15 is 0 Å².